The van der Waals surface area contributed by atoms with Crippen molar-refractivity contribution in [3.05, 3.63) is 60.4 Å². The summed E-state index contributed by atoms with van der Waals surface area (Å²) in [7, 11) is -4.11. The molecule has 0 saturated heterocycles. The van der Waals surface area contributed by atoms with Gasteiger partial charge in [-0.05, 0) is 43.3 Å². The smallest absolute Gasteiger partial charge is 0.459 e. The van der Waals surface area contributed by atoms with E-state index in [0.717, 1.165) is 29.7 Å². The van der Waals surface area contributed by atoms with Gasteiger partial charge < -0.3 is 14.5 Å². The third kappa shape index (κ3) is 5.51. The minimum Gasteiger partial charge on any atom is -0.459 e. The van der Waals surface area contributed by atoms with Crippen molar-refractivity contribution in [3.63, 3.8) is 0 Å². The number of sulfonamides is 1. The number of furan rings is 1. The Morgan fingerprint density at radius 3 is 2.43 bits per heavy atom. The quantitative estimate of drug-likeness (QED) is 0.584. The molecule has 1 unspecified atom stereocenters. The highest BCUT2D eigenvalue weighted by molar-refractivity contribution is 7.89. The Bertz CT molecular complexity index is 1110. The van der Waals surface area contributed by atoms with Gasteiger partial charge in [0.05, 0.1) is 17.5 Å². The zero-order valence-electron chi connectivity index (χ0n) is 15.6. The lowest BCUT2D eigenvalue weighted by molar-refractivity contribution is -0.274. The Morgan fingerprint density at radius 1 is 1.13 bits per heavy atom. The molecule has 0 aliphatic heterocycles. The Morgan fingerprint density at radius 2 is 1.80 bits per heavy atom. The summed E-state index contributed by atoms with van der Waals surface area (Å²) in [5, 5.41) is 3.48. The third-order valence-corrected chi connectivity index (χ3v) is 5.46. The molecular weight excluding hydrogens is 425 g/mol. The van der Waals surface area contributed by atoms with Crippen LogP contribution >= 0.6 is 0 Å². The zero-order valence-corrected chi connectivity index (χ0v) is 16.4. The second-order valence-corrected chi connectivity index (χ2v) is 8.09. The van der Waals surface area contributed by atoms with Crippen LogP contribution in [-0.4, -0.2) is 27.2 Å². The summed E-state index contributed by atoms with van der Waals surface area (Å²) in [5.74, 6) is -0.657. The summed E-state index contributed by atoms with van der Waals surface area (Å²) in [6.45, 7) is 1.12. The molecule has 1 atom stereocenters. The molecule has 1 heterocycles. The molecule has 3 rings (SSSR count). The number of nitrogens with one attached hydrogen (secondary N) is 2. The highest BCUT2D eigenvalue weighted by Gasteiger charge is 2.31. The molecule has 0 spiro atoms. The molecule has 30 heavy (non-hydrogen) atoms. The highest BCUT2D eigenvalue weighted by atomic mass is 32.2. The second-order valence-electron chi connectivity index (χ2n) is 6.32. The number of hydrogen-bond acceptors (Lipinski definition) is 5. The molecule has 0 bridgehead atoms. The van der Waals surface area contributed by atoms with Gasteiger partial charge >= 0.3 is 6.36 Å². The van der Waals surface area contributed by atoms with E-state index in [0.29, 0.717) is 11.3 Å². The summed E-state index contributed by atoms with van der Waals surface area (Å²) in [6.07, 6.45) is -4.88. The van der Waals surface area contributed by atoms with E-state index in [2.05, 4.69) is 14.8 Å². The molecule has 2 aromatic carbocycles. The molecule has 0 saturated carbocycles. The first-order chi connectivity index (χ1) is 14.0. The van der Waals surface area contributed by atoms with Gasteiger partial charge in [0, 0.05) is 5.39 Å². The average Bonchev–Trinajstić information content (AvgIpc) is 3.10. The lowest BCUT2D eigenvalue weighted by Gasteiger charge is -2.12. The normalized spacial score (nSPS) is 13.2. The van der Waals surface area contributed by atoms with Crippen molar-refractivity contribution in [2.75, 3.05) is 6.54 Å². The summed E-state index contributed by atoms with van der Waals surface area (Å²) in [5.41, 5.74) is 0.659. The number of alkyl halides is 3. The number of amides is 1. The fourth-order valence-corrected chi connectivity index (χ4v) is 3.63. The number of carbonyl (C=O) groups excluding carboxylic acids is 1. The SMILES string of the molecule is CC(NC(=O)CNS(=O)(=O)c1ccc(OC(F)(F)F)cc1)c1cc2ccccc2o1. The number of para-hydroxylation sites is 1. The fourth-order valence-electron chi connectivity index (χ4n) is 2.64. The van der Waals surface area contributed by atoms with E-state index < -0.39 is 40.6 Å². The third-order valence-electron chi connectivity index (χ3n) is 4.04. The number of halogens is 3. The molecule has 1 amide bonds. The molecule has 7 nitrogen and oxygen atoms in total. The van der Waals surface area contributed by atoms with Gasteiger partial charge in [0.25, 0.3) is 0 Å². The summed E-state index contributed by atoms with van der Waals surface area (Å²) >= 11 is 0. The van der Waals surface area contributed by atoms with Crippen molar-refractivity contribution in [2.24, 2.45) is 0 Å². The van der Waals surface area contributed by atoms with Crippen LogP contribution in [0, 0.1) is 0 Å². The van der Waals surface area contributed by atoms with Gasteiger partial charge in [-0.2, -0.15) is 0 Å². The molecule has 0 aliphatic rings. The molecule has 0 fully saturated rings. The topological polar surface area (TPSA) is 97.6 Å². The van der Waals surface area contributed by atoms with Gasteiger partial charge in [0.2, 0.25) is 15.9 Å². The van der Waals surface area contributed by atoms with Crippen LogP contribution in [0.3, 0.4) is 0 Å². The molecule has 160 valence electrons. The van der Waals surface area contributed by atoms with Crippen LogP contribution in [0.2, 0.25) is 0 Å². The van der Waals surface area contributed by atoms with E-state index in [1.54, 1.807) is 19.1 Å². The Kier molecular flexibility index (Phi) is 6.04. The van der Waals surface area contributed by atoms with E-state index in [-0.39, 0.29) is 4.90 Å². The van der Waals surface area contributed by atoms with Crippen LogP contribution in [0.1, 0.15) is 18.7 Å². The van der Waals surface area contributed by atoms with Crippen LogP contribution in [0.15, 0.2) is 63.9 Å². The first kappa shape index (κ1) is 21.7. The average molecular weight is 442 g/mol. The first-order valence-electron chi connectivity index (χ1n) is 8.67. The lowest BCUT2D eigenvalue weighted by atomic mass is 10.2. The van der Waals surface area contributed by atoms with Gasteiger partial charge in [-0.25, -0.2) is 13.1 Å². The maximum absolute atomic E-state index is 12.2. The van der Waals surface area contributed by atoms with E-state index in [1.807, 2.05) is 18.2 Å². The molecule has 1 aromatic heterocycles. The van der Waals surface area contributed by atoms with Crippen LogP contribution in [-0.2, 0) is 14.8 Å². The van der Waals surface area contributed by atoms with E-state index in [4.69, 9.17) is 4.42 Å². The van der Waals surface area contributed by atoms with Crippen molar-refractivity contribution in [1.29, 1.82) is 0 Å². The van der Waals surface area contributed by atoms with Gasteiger partial charge in [0.1, 0.15) is 17.1 Å². The fraction of sp³-hybridized carbons (Fsp3) is 0.211. The Labute approximate surface area is 169 Å². The largest absolute Gasteiger partial charge is 0.573 e. The summed E-state index contributed by atoms with van der Waals surface area (Å²) < 4.78 is 72.4. The monoisotopic (exact) mass is 442 g/mol. The maximum Gasteiger partial charge on any atom is 0.573 e. The number of fused-ring (bicyclic) bond motifs is 1. The summed E-state index contributed by atoms with van der Waals surface area (Å²) in [4.78, 5) is 11.8. The Hall–Kier alpha value is -3.05. The predicted octanol–water partition coefficient (Wildman–Crippen LogP) is 3.49. The van der Waals surface area contributed by atoms with Crippen molar-refractivity contribution < 1.29 is 35.5 Å². The van der Waals surface area contributed by atoms with Gasteiger partial charge in [-0.3, -0.25) is 4.79 Å². The molecule has 3 aromatic rings. The number of ether oxygens (including phenoxy) is 1. The van der Waals surface area contributed by atoms with Crippen molar-refractivity contribution in [2.45, 2.75) is 24.2 Å². The van der Waals surface area contributed by atoms with E-state index in [9.17, 15) is 26.4 Å². The van der Waals surface area contributed by atoms with Crippen molar-refractivity contribution in [3.8, 4) is 5.75 Å². The van der Waals surface area contributed by atoms with E-state index in [1.165, 1.54) is 0 Å². The Balaban J connectivity index is 1.57. The first-order valence-corrected chi connectivity index (χ1v) is 10.2. The maximum atomic E-state index is 12.2. The molecule has 0 radical (unpaired) electrons. The molecular formula is C19H17F3N2O5S. The predicted molar refractivity (Wildman–Crippen MR) is 101 cm³/mol. The zero-order chi connectivity index (χ0) is 21.9. The minimum atomic E-state index is -4.88. The summed E-state index contributed by atoms with van der Waals surface area (Å²) in [6, 6.07) is 12.2. The van der Waals surface area contributed by atoms with Gasteiger partial charge in [0.15, 0.2) is 0 Å². The highest BCUT2D eigenvalue weighted by Crippen LogP contribution is 2.24. The van der Waals surface area contributed by atoms with Gasteiger partial charge in [-0.1, -0.05) is 18.2 Å². The van der Waals surface area contributed by atoms with Crippen LogP contribution in [0.5, 0.6) is 5.75 Å². The lowest BCUT2D eigenvalue weighted by Crippen LogP contribution is -2.37. The number of benzene rings is 2. The number of carbonyl (C=O) groups is 1. The second kappa shape index (κ2) is 8.36. The minimum absolute atomic E-state index is 0.310. The number of hydrogen-bond donors (Lipinski definition) is 2. The standard InChI is InChI=1S/C19H17F3N2O5S/c1-12(17-10-13-4-2-3-5-16(13)28-17)24-18(25)11-23-30(26,27)15-8-6-14(7-9-15)29-19(20,21)22/h2-10,12,23H,11H2,1H3,(H,24,25). The van der Waals surface area contributed by atoms with Crippen molar-refractivity contribution >= 4 is 26.9 Å². The van der Waals surface area contributed by atoms with Crippen molar-refractivity contribution in [1.82, 2.24) is 10.0 Å². The van der Waals surface area contributed by atoms with Gasteiger partial charge in [-0.15, -0.1) is 13.2 Å². The number of rotatable bonds is 7. The molecule has 2 N–H and O–H groups in total. The molecule has 11 heteroatoms. The van der Waals surface area contributed by atoms with Crippen LogP contribution < -0.4 is 14.8 Å². The van der Waals surface area contributed by atoms with Crippen LogP contribution in [0.4, 0.5) is 13.2 Å². The molecule has 0 aliphatic carbocycles. The van der Waals surface area contributed by atoms with Crippen LogP contribution in [0.25, 0.3) is 11.0 Å². The van der Waals surface area contributed by atoms with E-state index >= 15 is 0 Å².